The summed E-state index contributed by atoms with van der Waals surface area (Å²) < 4.78 is 0. The third-order valence-corrected chi connectivity index (χ3v) is 4.97. The van der Waals surface area contributed by atoms with Gasteiger partial charge < -0.3 is 10.3 Å². The molecule has 0 bridgehead atoms. The van der Waals surface area contributed by atoms with E-state index in [2.05, 4.69) is 20.5 Å². The molecule has 3 N–H and O–H groups in total. The second-order valence-electron chi connectivity index (χ2n) is 6.65. The van der Waals surface area contributed by atoms with Crippen molar-refractivity contribution in [2.75, 3.05) is 5.32 Å². The molecule has 2 aromatic heterocycles. The molecule has 3 aromatic rings. The monoisotopic (exact) mass is 348 g/mol. The maximum atomic E-state index is 12.7. The number of nitrogens with zero attached hydrogens (tertiary/aromatic N) is 1. The number of carbonyl (C=O) groups is 2. The Balaban J connectivity index is 1.62. The van der Waals surface area contributed by atoms with E-state index in [0.717, 1.165) is 40.9 Å². The summed E-state index contributed by atoms with van der Waals surface area (Å²) in [6.45, 7) is 3.73. The molecule has 132 valence electrons. The molecule has 0 saturated carbocycles. The van der Waals surface area contributed by atoms with Crippen LogP contribution >= 0.6 is 0 Å². The number of carbonyl (C=O) groups excluding carboxylic acids is 2. The first-order valence-electron chi connectivity index (χ1n) is 8.72. The van der Waals surface area contributed by atoms with Crippen molar-refractivity contribution in [1.82, 2.24) is 15.2 Å². The Labute approximate surface area is 151 Å². The van der Waals surface area contributed by atoms with Gasteiger partial charge in [0.25, 0.3) is 5.91 Å². The Kier molecular flexibility index (Phi) is 3.95. The number of fused-ring (bicyclic) bond motifs is 1. The molecule has 2 heterocycles. The number of rotatable bonds is 3. The van der Waals surface area contributed by atoms with Crippen LogP contribution in [-0.4, -0.2) is 26.9 Å². The van der Waals surface area contributed by atoms with Crippen LogP contribution in [0.2, 0.25) is 0 Å². The van der Waals surface area contributed by atoms with Crippen molar-refractivity contribution >= 4 is 17.5 Å². The average Bonchev–Trinajstić information content (AvgIpc) is 3.17. The average molecular weight is 348 g/mol. The fraction of sp³-hybridized carbons (Fsp3) is 0.250. The van der Waals surface area contributed by atoms with E-state index in [1.807, 2.05) is 44.2 Å². The first-order valence-corrected chi connectivity index (χ1v) is 8.72. The zero-order chi connectivity index (χ0) is 18.3. The molecule has 4 rings (SSSR count). The predicted molar refractivity (Wildman–Crippen MR) is 99.5 cm³/mol. The molecular formula is C20H20N4O2. The van der Waals surface area contributed by atoms with Gasteiger partial charge >= 0.3 is 0 Å². The Morgan fingerprint density at radius 1 is 1.12 bits per heavy atom. The summed E-state index contributed by atoms with van der Waals surface area (Å²) in [7, 11) is 0. The van der Waals surface area contributed by atoms with Gasteiger partial charge in [-0.1, -0.05) is 30.3 Å². The largest absolute Gasteiger partial charge is 0.354 e. The van der Waals surface area contributed by atoms with E-state index in [9.17, 15) is 9.59 Å². The Morgan fingerprint density at radius 3 is 2.62 bits per heavy atom. The third-order valence-electron chi connectivity index (χ3n) is 4.97. The molecule has 0 spiro atoms. The number of hydrogen-bond acceptors (Lipinski definition) is 3. The number of Topliss-reactive ketones (excluding diaryl/α,β-unsaturated/α-hetero) is 1. The zero-order valence-electron chi connectivity index (χ0n) is 14.8. The number of anilines is 1. The van der Waals surface area contributed by atoms with E-state index in [4.69, 9.17) is 0 Å². The third kappa shape index (κ3) is 2.63. The minimum absolute atomic E-state index is 0.112. The number of aromatic nitrogens is 3. The van der Waals surface area contributed by atoms with Crippen molar-refractivity contribution in [2.24, 2.45) is 0 Å². The van der Waals surface area contributed by atoms with Crippen LogP contribution in [0.15, 0.2) is 30.3 Å². The van der Waals surface area contributed by atoms with Crippen molar-refractivity contribution in [3.8, 4) is 11.3 Å². The molecule has 6 nitrogen and oxygen atoms in total. The molecule has 1 amide bonds. The van der Waals surface area contributed by atoms with Crippen molar-refractivity contribution in [3.63, 3.8) is 0 Å². The smallest absolute Gasteiger partial charge is 0.273 e. The number of ketones is 1. The van der Waals surface area contributed by atoms with Crippen LogP contribution < -0.4 is 5.32 Å². The highest BCUT2D eigenvalue weighted by Gasteiger charge is 2.27. The summed E-state index contributed by atoms with van der Waals surface area (Å²) >= 11 is 0. The van der Waals surface area contributed by atoms with Crippen molar-refractivity contribution < 1.29 is 9.59 Å². The molecule has 6 heteroatoms. The van der Waals surface area contributed by atoms with E-state index in [1.54, 1.807) is 0 Å². The van der Waals surface area contributed by atoms with Crippen molar-refractivity contribution in [3.05, 3.63) is 58.4 Å². The van der Waals surface area contributed by atoms with Crippen LogP contribution in [-0.2, 0) is 6.42 Å². The topological polar surface area (TPSA) is 90.6 Å². The number of amides is 1. The van der Waals surface area contributed by atoms with Gasteiger partial charge in [0.1, 0.15) is 5.69 Å². The molecule has 26 heavy (non-hydrogen) atoms. The van der Waals surface area contributed by atoms with Crippen LogP contribution in [0.4, 0.5) is 5.82 Å². The number of hydrogen-bond donors (Lipinski definition) is 3. The maximum Gasteiger partial charge on any atom is 0.273 e. The van der Waals surface area contributed by atoms with Crippen LogP contribution in [0.1, 0.15) is 50.5 Å². The lowest BCUT2D eigenvalue weighted by Gasteiger charge is -2.09. The maximum absolute atomic E-state index is 12.7. The lowest BCUT2D eigenvalue weighted by Crippen LogP contribution is -2.15. The number of H-pyrrole nitrogens is 2. The van der Waals surface area contributed by atoms with Gasteiger partial charge in [0.15, 0.2) is 11.6 Å². The van der Waals surface area contributed by atoms with E-state index < -0.39 is 0 Å². The fourth-order valence-corrected chi connectivity index (χ4v) is 3.58. The molecule has 1 aliphatic rings. The summed E-state index contributed by atoms with van der Waals surface area (Å²) in [6.07, 6.45) is 2.17. The molecule has 0 atom stereocenters. The quantitative estimate of drug-likeness (QED) is 0.672. The van der Waals surface area contributed by atoms with Gasteiger partial charge in [0, 0.05) is 23.2 Å². The number of aryl methyl sites for hydroxylation is 1. The van der Waals surface area contributed by atoms with Gasteiger partial charge in [0.2, 0.25) is 0 Å². The number of nitrogens with one attached hydrogen (secondary N) is 3. The first-order chi connectivity index (χ1) is 12.6. The second kappa shape index (κ2) is 6.29. The van der Waals surface area contributed by atoms with Crippen LogP contribution in [0, 0.1) is 13.8 Å². The van der Waals surface area contributed by atoms with E-state index >= 15 is 0 Å². The van der Waals surface area contributed by atoms with Gasteiger partial charge in [-0.05, 0) is 37.8 Å². The predicted octanol–water partition coefficient (Wildman–Crippen LogP) is 3.79. The van der Waals surface area contributed by atoms with E-state index in [0.29, 0.717) is 23.5 Å². The highest BCUT2D eigenvalue weighted by Crippen LogP contribution is 2.28. The standard InChI is InChI=1S/C20H20N4O2/c1-11-16-14(9-6-10-15(16)25)21-18(11)20(26)22-19-12(2)17(23-24-19)13-7-4-3-5-8-13/h3-5,7-8,21H,6,9-10H2,1-2H3,(H2,22,23,24,26). The van der Waals surface area contributed by atoms with E-state index in [1.165, 1.54) is 0 Å². The highest BCUT2D eigenvalue weighted by molar-refractivity contribution is 6.08. The Bertz CT molecular complexity index is 998. The molecule has 1 aliphatic carbocycles. The summed E-state index contributed by atoms with van der Waals surface area (Å²) in [4.78, 5) is 28.0. The normalized spacial score (nSPS) is 13.5. The molecule has 1 aromatic carbocycles. The second-order valence-corrected chi connectivity index (χ2v) is 6.65. The minimum atomic E-state index is -0.279. The SMILES string of the molecule is Cc1c(NC(=O)c2[nH]c3c(c2C)C(=O)CCC3)n[nH]c1-c1ccccc1. The summed E-state index contributed by atoms with van der Waals surface area (Å²) in [5.41, 5.74) is 5.47. The van der Waals surface area contributed by atoms with Crippen molar-refractivity contribution in [1.29, 1.82) is 0 Å². The molecule has 0 saturated heterocycles. The van der Waals surface area contributed by atoms with Crippen LogP contribution in [0.25, 0.3) is 11.3 Å². The lowest BCUT2D eigenvalue weighted by molar-refractivity contribution is 0.0971. The van der Waals surface area contributed by atoms with Gasteiger partial charge in [-0.2, -0.15) is 5.10 Å². The Hall–Kier alpha value is -3.15. The lowest BCUT2D eigenvalue weighted by atomic mass is 9.94. The summed E-state index contributed by atoms with van der Waals surface area (Å²) in [5.74, 6) is 0.326. The van der Waals surface area contributed by atoms with Crippen LogP contribution in [0.5, 0.6) is 0 Å². The Morgan fingerprint density at radius 2 is 1.88 bits per heavy atom. The van der Waals surface area contributed by atoms with Crippen LogP contribution in [0.3, 0.4) is 0 Å². The molecule has 0 radical (unpaired) electrons. The first kappa shape index (κ1) is 16.3. The summed E-state index contributed by atoms with van der Waals surface area (Å²) in [5, 5.41) is 10.1. The fourth-order valence-electron chi connectivity index (χ4n) is 3.58. The molecule has 0 fully saturated rings. The highest BCUT2D eigenvalue weighted by atomic mass is 16.2. The molecule has 0 unspecified atom stereocenters. The molecular weight excluding hydrogens is 328 g/mol. The zero-order valence-corrected chi connectivity index (χ0v) is 14.8. The van der Waals surface area contributed by atoms with Gasteiger partial charge in [0.05, 0.1) is 5.69 Å². The van der Waals surface area contributed by atoms with Gasteiger partial charge in [-0.25, -0.2) is 0 Å². The van der Waals surface area contributed by atoms with Gasteiger partial charge in [-0.15, -0.1) is 0 Å². The minimum Gasteiger partial charge on any atom is -0.354 e. The van der Waals surface area contributed by atoms with Gasteiger partial charge in [-0.3, -0.25) is 14.7 Å². The number of benzene rings is 1. The number of aromatic amines is 2. The van der Waals surface area contributed by atoms with E-state index in [-0.39, 0.29) is 11.7 Å². The summed E-state index contributed by atoms with van der Waals surface area (Å²) in [6, 6.07) is 9.84. The molecule has 0 aliphatic heterocycles. The van der Waals surface area contributed by atoms with Crippen molar-refractivity contribution in [2.45, 2.75) is 33.1 Å².